The number of hydrogen-bond donors (Lipinski definition) is 0. The van der Waals surface area contributed by atoms with Gasteiger partial charge in [-0.15, -0.1) is 0 Å². The minimum atomic E-state index is 0.324. The number of allylic oxidation sites excluding steroid dienone is 3. The van der Waals surface area contributed by atoms with E-state index in [1.807, 2.05) is 13.3 Å². The molecule has 0 amide bonds. The van der Waals surface area contributed by atoms with E-state index in [4.69, 9.17) is 4.99 Å². The van der Waals surface area contributed by atoms with E-state index in [2.05, 4.69) is 42.4 Å². The molecule has 0 aromatic heterocycles. The summed E-state index contributed by atoms with van der Waals surface area (Å²) in [4.78, 5) is 8.75. The van der Waals surface area contributed by atoms with E-state index >= 15 is 0 Å². The van der Waals surface area contributed by atoms with Gasteiger partial charge < -0.3 is 4.99 Å². The van der Waals surface area contributed by atoms with Gasteiger partial charge in [0.15, 0.2) is 0 Å². The molecule has 2 atom stereocenters. The quantitative estimate of drug-likeness (QED) is 0.671. The summed E-state index contributed by atoms with van der Waals surface area (Å²) >= 11 is 0. The van der Waals surface area contributed by atoms with Gasteiger partial charge in [0.1, 0.15) is 0 Å². The molecule has 2 unspecified atom stereocenters. The summed E-state index contributed by atoms with van der Waals surface area (Å²) < 4.78 is 0. The number of nitrogens with zero attached hydrogens (tertiary/aromatic N) is 2. The second-order valence-electron chi connectivity index (χ2n) is 4.99. The average molecular weight is 242 g/mol. The lowest BCUT2D eigenvalue weighted by molar-refractivity contribution is 0.601. The molecule has 0 fully saturated rings. The molecule has 18 heavy (non-hydrogen) atoms. The summed E-state index contributed by atoms with van der Waals surface area (Å²) in [5, 5.41) is 0. The van der Waals surface area contributed by atoms with Gasteiger partial charge in [0.2, 0.25) is 0 Å². The van der Waals surface area contributed by atoms with Gasteiger partial charge in [0.25, 0.3) is 0 Å². The normalized spacial score (nSPS) is 27.4. The van der Waals surface area contributed by atoms with E-state index in [-0.39, 0.29) is 0 Å². The zero-order valence-electron chi connectivity index (χ0n) is 11.3. The molecule has 2 rings (SSSR count). The van der Waals surface area contributed by atoms with Crippen LogP contribution in [0.2, 0.25) is 0 Å². The molecule has 2 nitrogen and oxygen atoms in total. The molecule has 0 radical (unpaired) electrons. The highest BCUT2D eigenvalue weighted by Gasteiger charge is 2.21. The van der Waals surface area contributed by atoms with Crippen LogP contribution >= 0.6 is 0 Å². The summed E-state index contributed by atoms with van der Waals surface area (Å²) in [6.07, 6.45) is 17.6. The van der Waals surface area contributed by atoms with Gasteiger partial charge in [-0.1, -0.05) is 31.2 Å². The maximum Gasteiger partial charge on any atom is 0.0805 e. The third kappa shape index (κ3) is 3.28. The predicted octanol–water partition coefficient (Wildman–Crippen LogP) is 3.76. The lowest BCUT2D eigenvalue weighted by Crippen LogP contribution is -2.21. The number of hydrogen-bond acceptors (Lipinski definition) is 2. The first kappa shape index (κ1) is 13.0. The standard InChI is InChI=1S/C16H22N2/c1-13-11-14(7-6-10-17-2)12-18-16(13)15-8-4-3-5-9-15/h4,8-13,16H,3,5-7H2,1-2H3/b17-10-. The second-order valence-corrected chi connectivity index (χ2v) is 4.99. The Bertz CT molecular complexity index is 424. The zero-order valence-corrected chi connectivity index (χ0v) is 11.3. The van der Waals surface area contributed by atoms with Crippen LogP contribution in [-0.2, 0) is 0 Å². The Kier molecular flexibility index (Phi) is 4.68. The maximum atomic E-state index is 4.74. The summed E-state index contributed by atoms with van der Waals surface area (Å²) in [6.45, 7) is 2.26. The smallest absolute Gasteiger partial charge is 0.0805 e. The van der Waals surface area contributed by atoms with Crippen molar-refractivity contribution < 1.29 is 0 Å². The second kappa shape index (κ2) is 6.48. The lowest BCUT2D eigenvalue weighted by Gasteiger charge is -2.24. The van der Waals surface area contributed by atoms with E-state index in [0.717, 1.165) is 19.3 Å². The molecule has 0 aromatic carbocycles. The summed E-state index contributed by atoms with van der Waals surface area (Å²) in [5.41, 5.74) is 2.73. The van der Waals surface area contributed by atoms with Crippen molar-refractivity contribution in [1.29, 1.82) is 0 Å². The highest BCUT2D eigenvalue weighted by molar-refractivity contribution is 5.81. The molecular formula is C16H22N2. The van der Waals surface area contributed by atoms with Gasteiger partial charge in [-0.25, -0.2) is 0 Å². The van der Waals surface area contributed by atoms with Crippen LogP contribution in [0.3, 0.4) is 0 Å². The van der Waals surface area contributed by atoms with Gasteiger partial charge >= 0.3 is 0 Å². The van der Waals surface area contributed by atoms with Crippen LogP contribution in [-0.4, -0.2) is 25.5 Å². The molecule has 0 saturated heterocycles. The molecule has 0 N–H and O–H groups in total. The van der Waals surface area contributed by atoms with Crippen LogP contribution in [0.4, 0.5) is 0 Å². The Morgan fingerprint density at radius 3 is 3.00 bits per heavy atom. The number of dihydropyridines is 1. The van der Waals surface area contributed by atoms with Gasteiger partial charge in [-0.3, -0.25) is 4.99 Å². The molecule has 2 heteroatoms. The van der Waals surface area contributed by atoms with E-state index in [1.165, 1.54) is 17.6 Å². The van der Waals surface area contributed by atoms with Crippen molar-refractivity contribution in [2.45, 2.75) is 38.6 Å². The third-order valence-electron chi connectivity index (χ3n) is 3.49. The topological polar surface area (TPSA) is 24.7 Å². The van der Waals surface area contributed by atoms with Crippen molar-refractivity contribution in [2.75, 3.05) is 7.05 Å². The Balaban J connectivity index is 1.98. The van der Waals surface area contributed by atoms with E-state index < -0.39 is 0 Å². The minimum absolute atomic E-state index is 0.324. The molecule has 1 aliphatic carbocycles. The zero-order chi connectivity index (χ0) is 12.8. The summed E-state index contributed by atoms with van der Waals surface area (Å²) in [6, 6.07) is 0.324. The minimum Gasteiger partial charge on any atom is -0.301 e. The molecule has 0 bridgehead atoms. The summed E-state index contributed by atoms with van der Waals surface area (Å²) in [7, 11) is 1.82. The fourth-order valence-corrected chi connectivity index (χ4v) is 2.53. The fraction of sp³-hybridized carbons (Fsp3) is 0.500. The maximum absolute atomic E-state index is 4.74. The first-order valence-corrected chi connectivity index (χ1v) is 6.82. The largest absolute Gasteiger partial charge is 0.301 e. The van der Waals surface area contributed by atoms with Crippen LogP contribution in [0.5, 0.6) is 0 Å². The number of aliphatic imine (C=N–C) groups is 2. The Hall–Kier alpha value is -1.44. The molecule has 0 saturated carbocycles. The van der Waals surface area contributed by atoms with Crippen LogP contribution in [0.1, 0.15) is 32.6 Å². The molecule has 1 heterocycles. The van der Waals surface area contributed by atoms with Crippen LogP contribution in [0.15, 0.2) is 45.4 Å². The first-order chi connectivity index (χ1) is 8.81. The third-order valence-corrected chi connectivity index (χ3v) is 3.49. The average Bonchev–Trinajstić information content (AvgIpc) is 2.40. The molecule has 2 aliphatic rings. The highest BCUT2D eigenvalue weighted by atomic mass is 14.8. The van der Waals surface area contributed by atoms with Crippen molar-refractivity contribution in [3.8, 4) is 0 Å². The van der Waals surface area contributed by atoms with Crippen molar-refractivity contribution >= 4 is 12.4 Å². The van der Waals surface area contributed by atoms with Gasteiger partial charge in [-0.05, 0) is 43.0 Å². The van der Waals surface area contributed by atoms with Gasteiger partial charge in [0.05, 0.1) is 6.04 Å². The van der Waals surface area contributed by atoms with Crippen LogP contribution < -0.4 is 0 Å². The SMILES string of the molecule is C/N=C\CCC1=CC(C)C(C2=CCCC=C2)N=C1. The van der Waals surface area contributed by atoms with Crippen molar-refractivity contribution in [3.63, 3.8) is 0 Å². The van der Waals surface area contributed by atoms with E-state index in [0.29, 0.717) is 12.0 Å². The van der Waals surface area contributed by atoms with Crippen molar-refractivity contribution in [2.24, 2.45) is 15.9 Å². The lowest BCUT2D eigenvalue weighted by atomic mass is 9.88. The van der Waals surface area contributed by atoms with Crippen molar-refractivity contribution in [3.05, 3.63) is 35.5 Å². The Morgan fingerprint density at radius 1 is 1.44 bits per heavy atom. The number of rotatable bonds is 4. The van der Waals surface area contributed by atoms with Crippen LogP contribution in [0, 0.1) is 5.92 Å². The molecule has 96 valence electrons. The highest BCUT2D eigenvalue weighted by Crippen LogP contribution is 2.26. The summed E-state index contributed by atoms with van der Waals surface area (Å²) in [5.74, 6) is 0.498. The fourth-order valence-electron chi connectivity index (χ4n) is 2.53. The molecule has 0 spiro atoms. The molecular weight excluding hydrogens is 220 g/mol. The molecule has 1 aliphatic heterocycles. The first-order valence-electron chi connectivity index (χ1n) is 6.82. The Morgan fingerprint density at radius 2 is 2.33 bits per heavy atom. The van der Waals surface area contributed by atoms with E-state index in [9.17, 15) is 0 Å². The molecule has 0 aromatic rings. The van der Waals surface area contributed by atoms with E-state index in [1.54, 1.807) is 0 Å². The monoisotopic (exact) mass is 242 g/mol. The van der Waals surface area contributed by atoms with Gasteiger partial charge in [-0.2, -0.15) is 0 Å². The van der Waals surface area contributed by atoms with Crippen LogP contribution in [0.25, 0.3) is 0 Å². The van der Waals surface area contributed by atoms with Crippen molar-refractivity contribution in [1.82, 2.24) is 0 Å². The van der Waals surface area contributed by atoms with Gasteiger partial charge in [0, 0.05) is 19.2 Å². The predicted molar refractivity (Wildman–Crippen MR) is 79.6 cm³/mol. The Labute approximate surface area is 110 Å².